The summed E-state index contributed by atoms with van der Waals surface area (Å²) in [5.41, 5.74) is 6.43. The minimum Gasteiger partial charge on any atom is -0.397 e. The summed E-state index contributed by atoms with van der Waals surface area (Å²) in [6.45, 7) is 5.19. The summed E-state index contributed by atoms with van der Waals surface area (Å²) >= 11 is 0. The molecule has 1 amide bonds. The van der Waals surface area contributed by atoms with Crippen LogP contribution in [0.4, 0.5) is 11.4 Å². The molecule has 1 fully saturated rings. The van der Waals surface area contributed by atoms with Gasteiger partial charge in [0.25, 0.3) is 0 Å². The number of nitrogens with two attached hydrogens (primary N) is 1. The van der Waals surface area contributed by atoms with E-state index in [1.54, 1.807) is 12.1 Å². The van der Waals surface area contributed by atoms with E-state index in [9.17, 15) is 9.90 Å². The van der Waals surface area contributed by atoms with Crippen molar-refractivity contribution in [1.29, 1.82) is 0 Å². The Morgan fingerprint density at radius 2 is 2.00 bits per heavy atom. The first-order chi connectivity index (χ1) is 9.39. The number of nitrogens with zero attached hydrogens (tertiary/aromatic N) is 1. The number of nitrogens with one attached hydrogen (secondary N) is 1. The zero-order valence-electron chi connectivity index (χ0n) is 12.1. The van der Waals surface area contributed by atoms with Crippen molar-refractivity contribution in [2.45, 2.75) is 38.3 Å². The number of aliphatic hydroxyl groups is 1. The van der Waals surface area contributed by atoms with Gasteiger partial charge in [-0.1, -0.05) is 12.1 Å². The van der Waals surface area contributed by atoms with E-state index in [2.05, 4.69) is 10.2 Å². The number of nitrogen functional groups attached to an aromatic ring is 1. The molecule has 1 saturated heterocycles. The van der Waals surface area contributed by atoms with Gasteiger partial charge in [-0.25, -0.2) is 0 Å². The van der Waals surface area contributed by atoms with Gasteiger partial charge in [-0.05, 0) is 38.8 Å². The van der Waals surface area contributed by atoms with Crippen LogP contribution in [0.25, 0.3) is 0 Å². The van der Waals surface area contributed by atoms with Crippen LogP contribution >= 0.6 is 0 Å². The van der Waals surface area contributed by atoms with E-state index < -0.39 is 5.60 Å². The van der Waals surface area contributed by atoms with Gasteiger partial charge in [-0.2, -0.15) is 0 Å². The van der Waals surface area contributed by atoms with Gasteiger partial charge in [0.2, 0.25) is 5.91 Å². The second-order valence-electron chi connectivity index (χ2n) is 5.79. The van der Waals surface area contributed by atoms with Gasteiger partial charge in [0.15, 0.2) is 0 Å². The van der Waals surface area contributed by atoms with E-state index in [0.717, 1.165) is 13.1 Å². The quantitative estimate of drug-likeness (QED) is 0.731. The number of benzene rings is 1. The summed E-state index contributed by atoms with van der Waals surface area (Å²) in [6, 6.07) is 7.00. The molecule has 1 heterocycles. The Kier molecular flexibility index (Phi) is 4.30. The molecule has 1 aromatic carbocycles. The van der Waals surface area contributed by atoms with Crippen LogP contribution in [0.2, 0.25) is 0 Å². The zero-order chi connectivity index (χ0) is 14.8. The van der Waals surface area contributed by atoms with Gasteiger partial charge < -0.3 is 16.2 Å². The van der Waals surface area contributed by atoms with Crippen molar-refractivity contribution in [1.82, 2.24) is 4.90 Å². The zero-order valence-corrected chi connectivity index (χ0v) is 12.1. The largest absolute Gasteiger partial charge is 0.397 e. The molecule has 0 bridgehead atoms. The Labute approximate surface area is 119 Å². The van der Waals surface area contributed by atoms with Crippen LogP contribution in [0.5, 0.6) is 0 Å². The predicted octanol–water partition coefficient (Wildman–Crippen LogP) is 1.44. The first-order valence-corrected chi connectivity index (χ1v) is 7.01. The fraction of sp³-hybridized carbons (Fsp3) is 0.533. The fourth-order valence-corrected chi connectivity index (χ4v) is 2.41. The van der Waals surface area contributed by atoms with Crippen LogP contribution in [0, 0.1) is 0 Å². The number of rotatable bonds is 3. The van der Waals surface area contributed by atoms with E-state index in [1.807, 2.05) is 26.0 Å². The van der Waals surface area contributed by atoms with Gasteiger partial charge in [-0.15, -0.1) is 0 Å². The Morgan fingerprint density at radius 3 is 2.60 bits per heavy atom. The predicted molar refractivity (Wildman–Crippen MR) is 80.4 cm³/mol. The highest BCUT2D eigenvalue weighted by molar-refractivity contribution is 5.97. The summed E-state index contributed by atoms with van der Waals surface area (Å²) < 4.78 is 0. The van der Waals surface area contributed by atoms with Crippen molar-refractivity contribution in [2.75, 3.05) is 24.1 Å². The molecule has 5 heteroatoms. The summed E-state index contributed by atoms with van der Waals surface area (Å²) in [4.78, 5) is 14.3. The molecule has 0 radical (unpaired) electrons. The van der Waals surface area contributed by atoms with E-state index in [1.165, 1.54) is 0 Å². The van der Waals surface area contributed by atoms with Gasteiger partial charge in [0.1, 0.15) is 0 Å². The highest BCUT2D eigenvalue weighted by Crippen LogP contribution is 2.23. The van der Waals surface area contributed by atoms with Crippen LogP contribution in [0.15, 0.2) is 24.3 Å². The third-order valence-electron chi connectivity index (χ3n) is 4.02. The van der Waals surface area contributed by atoms with E-state index >= 15 is 0 Å². The molecule has 1 unspecified atom stereocenters. The van der Waals surface area contributed by atoms with Crippen LogP contribution < -0.4 is 11.1 Å². The van der Waals surface area contributed by atoms with Crippen molar-refractivity contribution in [3.8, 4) is 0 Å². The molecular formula is C15H23N3O2. The van der Waals surface area contributed by atoms with E-state index in [4.69, 9.17) is 5.73 Å². The standard InChI is InChI=1S/C15H23N3O2/c1-11(18-9-7-15(2,20)8-10-18)14(19)17-13-6-4-3-5-12(13)16/h3-6,11,20H,7-10,16H2,1-2H3,(H,17,19). The van der Waals surface area contributed by atoms with E-state index in [0.29, 0.717) is 24.2 Å². The van der Waals surface area contributed by atoms with Gasteiger partial charge in [-0.3, -0.25) is 9.69 Å². The molecule has 2 rings (SSSR count). The highest BCUT2D eigenvalue weighted by Gasteiger charge is 2.31. The average molecular weight is 277 g/mol. The minimum absolute atomic E-state index is 0.0653. The van der Waals surface area contributed by atoms with Crippen molar-refractivity contribution in [3.05, 3.63) is 24.3 Å². The van der Waals surface area contributed by atoms with Crippen LogP contribution in [0.1, 0.15) is 26.7 Å². The lowest BCUT2D eigenvalue weighted by atomic mass is 9.93. The monoisotopic (exact) mass is 277 g/mol. The minimum atomic E-state index is -0.601. The number of para-hydroxylation sites is 2. The number of likely N-dealkylation sites (tertiary alicyclic amines) is 1. The molecule has 110 valence electrons. The third kappa shape index (κ3) is 3.49. The molecule has 0 aromatic heterocycles. The summed E-state index contributed by atoms with van der Waals surface area (Å²) in [5.74, 6) is -0.0653. The summed E-state index contributed by atoms with van der Waals surface area (Å²) in [5, 5.41) is 12.8. The van der Waals surface area contributed by atoms with Crippen LogP contribution in [-0.2, 0) is 4.79 Å². The number of carbonyl (C=O) groups is 1. The topological polar surface area (TPSA) is 78.6 Å². The maximum atomic E-state index is 12.3. The van der Waals surface area contributed by atoms with Crippen LogP contribution in [-0.4, -0.2) is 40.6 Å². The second kappa shape index (κ2) is 5.81. The van der Waals surface area contributed by atoms with Gasteiger partial charge in [0.05, 0.1) is 23.0 Å². The lowest BCUT2D eigenvalue weighted by Gasteiger charge is -2.38. The smallest absolute Gasteiger partial charge is 0.241 e. The van der Waals surface area contributed by atoms with E-state index in [-0.39, 0.29) is 11.9 Å². The lowest BCUT2D eigenvalue weighted by Crippen LogP contribution is -2.50. The SMILES string of the molecule is CC(C(=O)Nc1ccccc1N)N1CCC(C)(O)CC1. The molecule has 1 aliphatic heterocycles. The highest BCUT2D eigenvalue weighted by atomic mass is 16.3. The van der Waals surface area contributed by atoms with Crippen molar-refractivity contribution in [2.24, 2.45) is 0 Å². The number of carbonyl (C=O) groups excluding carboxylic acids is 1. The van der Waals surface area contributed by atoms with Crippen molar-refractivity contribution in [3.63, 3.8) is 0 Å². The molecule has 1 aromatic rings. The molecule has 20 heavy (non-hydrogen) atoms. The number of hydrogen-bond donors (Lipinski definition) is 3. The Bertz CT molecular complexity index is 478. The lowest BCUT2D eigenvalue weighted by molar-refractivity contribution is -0.122. The fourth-order valence-electron chi connectivity index (χ4n) is 2.41. The number of hydrogen-bond acceptors (Lipinski definition) is 4. The normalized spacial score (nSPS) is 20.4. The number of piperidine rings is 1. The first-order valence-electron chi connectivity index (χ1n) is 7.01. The summed E-state index contributed by atoms with van der Waals surface area (Å²) in [6.07, 6.45) is 1.39. The number of anilines is 2. The van der Waals surface area contributed by atoms with Gasteiger partial charge in [0, 0.05) is 13.1 Å². The first kappa shape index (κ1) is 14.8. The number of amides is 1. The maximum Gasteiger partial charge on any atom is 0.241 e. The van der Waals surface area contributed by atoms with Crippen molar-refractivity contribution < 1.29 is 9.90 Å². The molecule has 0 aliphatic carbocycles. The molecule has 1 aliphatic rings. The summed E-state index contributed by atoms with van der Waals surface area (Å²) in [7, 11) is 0. The third-order valence-corrected chi connectivity index (χ3v) is 4.02. The second-order valence-corrected chi connectivity index (χ2v) is 5.79. The molecule has 4 N–H and O–H groups in total. The maximum absolute atomic E-state index is 12.3. The van der Waals surface area contributed by atoms with Gasteiger partial charge >= 0.3 is 0 Å². The van der Waals surface area contributed by atoms with Crippen LogP contribution in [0.3, 0.4) is 0 Å². The molecule has 1 atom stereocenters. The Morgan fingerprint density at radius 1 is 1.40 bits per heavy atom. The molecule has 5 nitrogen and oxygen atoms in total. The van der Waals surface area contributed by atoms with Crippen molar-refractivity contribution >= 4 is 17.3 Å². The molecule has 0 saturated carbocycles. The molecular weight excluding hydrogens is 254 g/mol. The Balaban J connectivity index is 1.94. The molecule has 0 spiro atoms. The average Bonchev–Trinajstić information content (AvgIpc) is 2.40. The Hall–Kier alpha value is -1.59.